The molecule has 0 spiro atoms. The van der Waals surface area contributed by atoms with Crippen molar-refractivity contribution in [2.75, 3.05) is 0 Å². The molecule has 70 valence electrons. The molecule has 0 saturated heterocycles. The van der Waals surface area contributed by atoms with Crippen molar-refractivity contribution in [2.45, 2.75) is 20.4 Å². The Bertz CT molecular complexity index is 392. The summed E-state index contributed by atoms with van der Waals surface area (Å²) >= 11 is 0. The minimum atomic E-state index is -1.42. The molecule has 0 atom stereocenters. The first kappa shape index (κ1) is 9.51. The van der Waals surface area contributed by atoms with E-state index >= 15 is 0 Å². The third kappa shape index (κ3) is 1.77. The Morgan fingerprint density at radius 2 is 2.15 bits per heavy atom. The fraction of sp³-hybridized carbons (Fsp3) is 0.333. The van der Waals surface area contributed by atoms with Crippen molar-refractivity contribution in [3.63, 3.8) is 0 Å². The average molecular weight is 180 g/mol. The number of carbonyl (C=O) groups is 1. The number of aromatic carboxylic acids is 1. The van der Waals surface area contributed by atoms with Gasteiger partial charge in [0.15, 0.2) is 5.43 Å². The van der Waals surface area contributed by atoms with Gasteiger partial charge >= 0.3 is 0 Å². The third-order valence-electron chi connectivity index (χ3n) is 1.84. The molecule has 0 unspecified atom stereocenters. The number of carboxylic acid groups (broad SMARTS) is 1. The molecule has 0 aliphatic rings. The molecular formula is C9H10NO3-. The van der Waals surface area contributed by atoms with E-state index in [9.17, 15) is 14.7 Å². The van der Waals surface area contributed by atoms with Crippen LogP contribution in [-0.4, -0.2) is 10.5 Å². The van der Waals surface area contributed by atoms with Gasteiger partial charge in [-0.15, -0.1) is 0 Å². The zero-order chi connectivity index (χ0) is 10.0. The maximum atomic E-state index is 11.2. The van der Waals surface area contributed by atoms with Crippen LogP contribution < -0.4 is 10.5 Å². The molecule has 0 aromatic carbocycles. The molecule has 0 radical (unpaired) electrons. The molecule has 1 aromatic heterocycles. The van der Waals surface area contributed by atoms with Crippen LogP contribution in [0.4, 0.5) is 0 Å². The van der Waals surface area contributed by atoms with Crippen LogP contribution in [-0.2, 0) is 6.54 Å². The molecule has 0 aliphatic carbocycles. The number of aromatic nitrogens is 1. The predicted octanol–water partition coefficient (Wildman–Crippen LogP) is -0.460. The lowest BCUT2D eigenvalue weighted by atomic mass is 10.2. The number of pyridine rings is 1. The second-order valence-corrected chi connectivity index (χ2v) is 2.80. The van der Waals surface area contributed by atoms with Crippen LogP contribution in [0.3, 0.4) is 0 Å². The first-order valence-electron chi connectivity index (χ1n) is 3.98. The van der Waals surface area contributed by atoms with Gasteiger partial charge in [0.1, 0.15) is 0 Å². The van der Waals surface area contributed by atoms with E-state index in [2.05, 4.69) is 0 Å². The summed E-state index contributed by atoms with van der Waals surface area (Å²) in [6.07, 6.45) is 2.92. The molecule has 4 nitrogen and oxygen atoms in total. The van der Waals surface area contributed by atoms with Gasteiger partial charge in [0.25, 0.3) is 0 Å². The van der Waals surface area contributed by atoms with Gasteiger partial charge < -0.3 is 14.5 Å². The number of aryl methyl sites for hydroxylation is 2. The second kappa shape index (κ2) is 3.43. The fourth-order valence-electron chi connectivity index (χ4n) is 1.11. The van der Waals surface area contributed by atoms with E-state index in [0.717, 1.165) is 0 Å². The number of rotatable bonds is 2. The van der Waals surface area contributed by atoms with Crippen LogP contribution >= 0.6 is 0 Å². The lowest BCUT2D eigenvalue weighted by Crippen LogP contribution is -2.30. The number of hydrogen-bond donors (Lipinski definition) is 0. The van der Waals surface area contributed by atoms with Crippen LogP contribution in [0.1, 0.15) is 22.8 Å². The quantitative estimate of drug-likeness (QED) is 0.618. The minimum Gasteiger partial charge on any atom is -0.545 e. The van der Waals surface area contributed by atoms with Crippen molar-refractivity contribution >= 4 is 5.97 Å². The highest BCUT2D eigenvalue weighted by Gasteiger charge is 2.03. The Morgan fingerprint density at radius 1 is 1.54 bits per heavy atom. The van der Waals surface area contributed by atoms with Gasteiger partial charge in [-0.25, -0.2) is 0 Å². The Hall–Kier alpha value is -1.58. The summed E-state index contributed by atoms with van der Waals surface area (Å²) in [5, 5.41) is 10.5. The summed E-state index contributed by atoms with van der Waals surface area (Å²) in [4.78, 5) is 21.8. The van der Waals surface area contributed by atoms with Gasteiger partial charge in [0.2, 0.25) is 0 Å². The number of carbonyl (C=O) groups excluding carboxylic acids is 1. The van der Waals surface area contributed by atoms with Gasteiger partial charge in [0, 0.05) is 24.5 Å². The first-order valence-corrected chi connectivity index (χ1v) is 3.98. The van der Waals surface area contributed by atoms with Crippen molar-refractivity contribution < 1.29 is 9.90 Å². The standard InChI is InChI=1S/C9H11NO3/c1-3-10-4-6(2)8(11)7(5-10)9(12)13/h4-5H,3H2,1-2H3,(H,12,13)/p-1. The number of hydrogen-bond acceptors (Lipinski definition) is 3. The number of carboxylic acids is 1. The molecule has 0 N–H and O–H groups in total. The van der Waals surface area contributed by atoms with E-state index in [1.54, 1.807) is 17.7 Å². The third-order valence-corrected chi connectivity index (χ3v) is 1.84. The average Bonchev–Trinajstić information content (AvgIpc) is 2.09. The molecule has 0 bridgehead atoms. The van der Waals surface area contributed by atoms with Crippen molar-refractivity contribution in [1.29, 1.82) is 0 Å². The Morgan fingerprint density at radius 3 is 2.62 bits per heavy atom. The highest BCUT2D eigenvalue weighted by molar-refractivity contribution is 5.85. The lowest BCUT2D eigenvalue weighted by Gasteiger charge is -2.08. The van der Waals surface area contributed by atoms with E-state index < -0.39 is 11.4 Å². The molecule has 0 aliphatic heterocycles. The van der Waals surface area contributed by atoms with Crippen LogP contribution in [0.15, 0.2) is 17.2 Å². The van der Waals surface area contributed by atoms with E-state index in [4.69, 9.17) is 0 Å². The Kier molecular flexibility index (Phi) is 2.51. The minimum absolute atomic E-state index is 0.276. The molecule has 0 saturated carbocycles. The maximum Gasteiger partial charge on any atom is 0.193 e. The normalized spacial score (nSPS) is 10.0. The fourth-order valence-corrected chi connectivity index (χ4v) is 1.11. The monoisotopic (exact) mass is 180 g/mol. The molecule has 4 heteroatoms. The van der Waals surface area contributed by atoms with Crippen molar-refractivity contribution in [1.82, 2.24) is 4.57 Å². The molecule has 1 rings (SSSR count). The van der Waals surface area contributed by atoms with Crippen LogP contribution in [0.2, 0.25) is 0 Å². The summed E-state index contributed by atoms with van der Waals surface area (Å²) in [5.74, 6) is -1.42. The molecule has 1 heterocycles. The van der Waals surface area contributed by atoms with E-state index in [1.807, 2.05) is 6.92 Å². The Balaban J connectivity index is 3.42. The van der Waals surface area contributed by atoms with Crippen molar-refractivity contribution in [3.05, 3.63) is 33.7 Å². The van der Waals surface area contributed by atoms with Gasteiger partial charge in [-0.1, -0.05) is 0 Å². The summed E-state index contributed by atoms with van der Waals surface area (Å²) < 4.78 is 1.64. The van der Waals surface area contributed by atoms with E-state index in [-0.39, 0.29) is 5.56 Å². The second-order valence-electron chi connectivity index (χ2n) is 2.80. The van der Waals surface area contributed by atoms with Crippen LogP contribution in [0.5, 0.6) is 0 Å². The first-order chi connectivity index (χ1) is 6.06. The van der Waals surface area contributed by atoms with Crippen molar-refractivity contribution in [2.24, 2.45) is 0 Å². The molecule has 0 fully saturated rings. The summed E-state index contributed by atoms with van der Waals surface area (Å²) in [6.45, 7) is 4.07. The SMILES string of the molecule is CCn1cc(C)c(=O)c(C(=O)[O-])c1. The zero-order valence-corrected chi connectivity index (χ0v) is 7.53. The predicted molar refractivity (Wildman–Crippen MR) is 45.4 cm³/mol. The Labute approximate surface area is 75.4 Å². The zero-order valence-electron chi connectivity index (χ0n) is 7.53. The van der Waals surface area contributed by atoms with E-state index in [0.29, 0.717) is 12.1 Å². The van der Waals surface area contributed by atoms with Gasteiger partial charge in [-0.05, 0) is 13.8 Å². The summed E-state index contributed by atoms with van der Waals surface area (Å²) in [7, 11) is 0. The lowest BCUT2D eigenvalue weighted by molar-refractivity contribution is -0.255. The molecule has 0 amide bonds. The van der Waals surface area contributed by atoms with Crippen molar-refractivity contribution in [3.8, 4) is 0 Å². The largest absolute Gasteiger partial charge is 0.545 e. The van der Waals surface area contributed by atoms with Gasteiger partial charge in [-0.2, -0.15) is 0 Å². The van der Waals surface area contributed by atoms with Gasteiger partial charge in [0.05, 0.1) is 11.5 Å². The molecular weight excluding hydrogens is 170 g/mol. The summed E-state index contributed by atoms with van der Waals surface area (Å²) in [6, 6.07) is 0. The molecule has 1 aromatic rings. The highest BCUT2D eigenvalue weighted by Crippen LogP contribution is 1.96. The van der Waals surface area contributed by atoms with Crippen LogP contribution in [0.25, 0.3) is 0 Å². The summed E-state index contributed by atoms with van der Waals surface area (Å²) in [5.41, 5.74) is -0.324. The topological polar surface area (TPSA) is 62.1 Å². The maximum absolute atomic E-state index is 11.2. The van der Waals surface area contributed by atoms with Gasteiger partial charge in [-0.3, -0.25) is 4.79 Å². The molecule has 13 heavy (non-hydrogen) atoms. The number of nitrogens with zero attached hydrogens (tertiary/aromatic N) is 1. The smallest absolute Gasteiger partial charge is 0.193 e. The van der Waals surface area contributed by atoms with Crippen LogP contribution in [0, 0.1) is 6.92 Å². The van der Waals surface area contributed by atoms with E-state index in [1.165, 1.54) is 6.20 Å². The highest BCUT2D eigenvalue weighted by atomic mass is 16.4.